The highest BCUT2D eigenvalue weighted by atomic mass is 35.5. The first-order valence-electron chi connectivity index (χ1n) is 14.4. The maximum Gasteiger partial charge on any atom is 0.196 e. The summed E-state index contributed by atoms with van der Waals surface area (Å²) < 4.78 is 0.0523. The van der Waals surface area contributed by atoms with Gasteiger partial charge in [-0.2, -0.15) is 0 Å². The Morgan fingerprint density at radius 1 is 0.756 bits per heavy atom. The molecule has 0 aromatic carbocycles. The number of aliphatic hydroxyl groups is 1. The second kappa shape index (κ2) is 14.0. The van der Waals surface area contributed by atoms with E-state index in [0.29, 0.717) is 18.3 Å². The predicted molar refractivity (Wildman–Crippen MR) is 181 cm³/mol. The van der Waals surface area contributed by atoms with Crippen LogP contribution in [0.2, 0.25) is 0 Å². The molecule has 2 saturated carbocycles. The summed E-state index contributed by atoms with van der Waals surface area (Å²) in [5, 5.41) is 10.4. The normalized spacial score (nSPS) is 37.6. The van der Waals surface area contributed by atoms with E-state index in [1.807, 2.05) is 12.2 Å². The second-order valence-electron chi connectivity index (χ2n) is 13.8. The number of alkyl halides is 2. The van der Waals surface area contributed by atoms with Gasteiger partial charge in [0.05, 0.1) is 11.5 Å². The summed E-state index contributed by atoms with van der Waals surface area (Å²) in [7, 11) is 0. The average molecular weight is 685 g/mol. The van der Waals surface area contributed by atoms with Gasteiger partial charge in [-0.05, 0) is 148 Å². The van der Waals surface area contributed by atoms with Crippen molar-refractivity contribution < 1.29 is 5.11 Å². The minimum atomic E-state index is -0.474. The summed E-state index contributed by atoms with van der Waals surface area (Å²) in [5.41, 5.74) is 2.84. The van der Waals surface area contributed by atoms with Crippen LogP contribution in [0.25, 0.3) is 0 Å². The molecule has 4 rings (SSSR count). The monoisotopic (exact) mass is 682 g/mol. The number of aliphatic hydroxyl groups excluding tert-OH is 1. The first-order chi connectivity index (χ1) is 18.9. The van der Waals surface area contributed by atoms with Crippen molar-refractivity contribution in [2.24, 2.45) is 43.5 Å². The molecule has 0 saturated heterocycles. The van der Waals surface area contributed by atoms with Crippen LogP contribution in [-0.2, 0) is 0 Å². The third-order valence-electron chi connectivity index (χ3n) is 10.2. The average Bonchev–Trinajstić information content (AvgIpc) is 2.85. The summed E-state index contributed by atoms with van der Waals surface area (Å²) in [4.78, 5) is 7.75. The van der Waals surface area contributed by atoms with Crippen molar-refractivity contribution in [1.82, 2.24) is 0 Å². The lowest BCUT2D eigenvalue weighted by Gasteiger charge is -2.55. The largest absolute Gasteiger partial charge is 0.392 e. The Morgan fingerprint density at radius 2 is 1.22 bits per heavy atom. The van der Waals surface area contributed by atoms with E-state index in [1.54, 1.807) is 12.4 Å². The number of nitrogens with zero attached hydrogens (tertiary/aromatic N) is 2. The topological polar surface area (TPSA) is 45.0 Å². The number of hydrogen-bond donors (Lipinski definition) is 1. The Bertz CT molecular complexity index is 1130. The van der Waals surface area contributed by atoms with Gasteiger partial charge in [0.25, 0.3) is 0 Å². The van der Waals surface area contributed by atoms with Crippen molar-refractivity contribution >= 4 is 78.9 Å². The molecule has 1 N–H and O–H groups in total. The van der Waals surface area contributed by atoms with Crippen LogP contribution in [0.5, 0.6) is 0 Å². The van der Waals surface area contributed by atoms with Crippen molar-refractivity contribution in [2.45, 2.75) is 103 Å². The first-order valence-corrected chi connectivity index (χ1v) is 16.8. The SMILES string of the molecule is CC1(C)[C@@H](Cl)CC[C@]2(C)C=C(/C=C\N=C(Cl)Cl)CC[C@@H]12.CC1(C)[C@@H](Cl)[C@@H](O)C[C@]2(C)C=C(/C=C\N=C(Cl)Cl)CC[C@@H]12. The minimum absolute atomic E-state index is 0.00551. The Labute approximate surface area is 277 Å². The molecule has 0 aromatic rings. The molecule has 0 radical (unpaired) electrons. The van der Waals surface area contributed by atoms with Crippen LogP contribution in [-0.4, -0.2) is 31.2 Å². The molecule has 0 spiro atoms. The van der Waals surface area contributed by atoms with Gasteiger partial charge in [0.15, 0.2) is 9.26 Å². The van der Waals surface area contributed by atoms with E-state index < -0.39 is 6.10 Å². The summed E-state index contributed by atoms with van der Waals surface area (Å²) >= 11 is 35.1. The van der Waals surface area contributed by atoms with Crippen LogP contribution in [0.15, 0.2) is 57.8 Å². The Hall–Kier alpha value is -0.000000000000000111. The Morgan fingerprint density at radius 3 is 1.71 bits per heavy atom. The Kier molecular flexibility index (Phi) is 12.1. The van der Waals surface area contributed by atoms with Crippen LogP contribution in [0.1, 0.15) is 86.5 Å². The molecule has 0 unspecified atom stereocenters. The molecule has 4 aliphatic carbocycles. The van der Waals surface area contributed by atoms with E-state index in [1.165, 1.54) is 17.6 Å². The van der Waals surface area contributed by atoms with Crippen LogP contribution in [0.4, 0.5) is 0 Å². The molecule has 7 atom stereocenters. The fourth-order valence-electron chi connectivity index (χ4n) is 8.28. The highest BCUT2D eigenvalue weighted by Crippen LogP contribution is 2.59. The van der Waals surface area contributed by atoms with Crippen molar-refractivity contribution in [3.63, 3.8) is 0 Å². The van der Waals surface area contributed by atoms with Gasteiger partial charge in [-0.25, -0.2) is 9.98 Å². The summed E-state index contributed by atoms with van der Waals surface area (Å²) in [6, 6.07) is 0. The lowest BCUT2D eigenvalue weighted by atomic mass is 9.52. The van der Waals surface area contributed by atoms with Crippen LogP contribution in [0.3, 0.4) is 0 Å². The summed E-state index contributed by atoms with van der Waals surface area (Å²) in [6.45, 7) is 13.6. The molecule has 0 bridgehead atoms. The highest BCUT2D eigenvalue weighted by molar-refractivity contribution is 6.95. The molecule has 4 aliphatic rings. The van der Waals surface area contributed by atoms with Gasteiger partial charge in [-0.15, -0.1) is 23.2 Å². The van der Waals surface area contributed by atoms with Gasteiger partial charge in [0, 0.05) is 17.8 Å². The molecule has 2 fully saturated rings. The molecule has 0 aliphatic heterocycles. The van der Waals surface area contributed by atoms with E-state index in [0.717, 1.165) is 32.1 Å². The van der Waals surface area contributed by atoms with Crippen LogP contribution < -0.4 is 0 Å². The number of hydrogen-bond acceptors (Lipinski definition) is 3. The van der Waals surface area contributed by atoms with Gasteiger partial charge >= 0.3 is 0 Å². The second-order valence-corrected chi connectivity index (χ2v) is 16.6. The number of rotatable bonds is 4. The van der Waals surface area contributed by atoms with Gasteiger partial charge in [0.2, 0.25) is 0 Å². The van der Waals surface area contributed by atoms with Crippen molar-refractivity contribution in [2.75, 3.05) is 0 Å². The minimum Gasteiger partial charge on any atom is -0.392 e. The smallest absolute Gasteiger partial charge is 0.196 e. The molecular formula is C32H44Cl6N2O. The van der Waals surface area contributed by atoms with Crippen molar-refractivity contribution in [3.8, 4) is 0 Å². The van der Waals surface area contributed by atoms with Crippen molar-refractivity contribution in [1.29, 1.82) is 0 Å². The third kappa shape index (κ3) is 8.38. The lowest BCUT2D eigenvalue weighted by Crippen LogP contribution is -2.54. The zero-order valence-corrected chi connectivity index (χ0v) is 29.4. The zero-order chi connectivity index (χ0) is 30.8. The first kappa shape index (κ1) is 35.5. The van der Waals surface area contributed by atoms with Crippen molar-refractivity contribution in [3.05, 3.63) is 47.9 Å². The molecule has 9 heteroatoms. The van der Waals surface area contributed by atoms with E-state index in [4.69, 9.17) is 69.6 Å². The molecule has 3 nitrogen and oxygen atoms in total. The quantitative estimate of drug-likeness (QED) is 0.232. The maximum atomic E-state index is 10.3. The molecule has 230 valence electrons. The maximum absolute atomic E-state index is 10.3. The summed E-state index contributed by atoms with van der Waals surface area (Å²) in [6.07, 6.45) is 18.7. The number of aliphatic imine (C=N–C) groups is 2. The molecule has 0 heterocycles. The van der Waals surface area contributed by atoms with Gasteiger partial charge < -0.3 is 5.11 Å². The fraction of sp³-hybridized carbons (Fsp3) is 0.688. The van der Waals surface area contributed by atoms with E-state index in [9.17, 15) is 5.11 Å². The highest BCUT2D eigenvalue weighted by Gasteiger charge is 2.54. The van der Waals surface area contributed by atoms with E-state index >= 15 is 0 Å². The molecule has 0 aromatic heterocycles. The van der Waals surface area contributed by atoms with Gasteiger partial charge in [-0.1, -0.05) is 53.7 Å². The van der Waals surface area contributed by atoms with Crippen LogP contribution >= 0.6 is 69.6 Å². The third-order valence-corrected chi connectivity index (χ3v) is 12.2. The number of fused-ring (bicyclic) bond motifs is 2. The zero-order valence-electron chi connectivity index (χ0n) is 24.9. The molecule has 41 heavy (non-hydrogen) atoms. The fourth-order valence-corrected chi connectivity index (χ4v) is 9.00. The Balaban J connectivity index is 0.000000226. The number of allylic oxidation sites excluding steroid dienone is 6. The number of halogens is 6. The van der Waals surface area contributed by atoms with Crippen LogP contribution in [0, 0.1) is 33.5 Å². The van der Waals surface area contributed by atoms with E-state index in [2.05, 4.69) is 63.7 Å². The van der Waals surface area contributed by atoms with E-state index in [-0.39, 0.29) is 41.7 Å². The molecule has 0 amide bonds. The van der Waals surface area contributed by atoms with Gasteiger partial charge in [-0.3, -0.25) is 0 Å². The summed E-state index contributed by atoms with van der Waals surface area (Å²) in [5.74, 6) is 1.11. The van der Waals surface area contributed by atoms with Gasteiger partial charge in [0.1, 0.15) is 0 Å². The predicted octanol–water partition coefficient (Wildman–Crippen LogP) is 11.2. The lowest BCUT2D eigenvalue weighted by molar-refractivity contribution is -0.0477. The molecular weight excluding hydrogens is 641 g/mol. The standard InChI is InChI=1S/C16H22Cl3NO.C16H22Cl3N/c1-15(2)12-5-4-10(6-7-20-14(18)19)8-16(12,3)9-11(21)13(15)17;1-15(2)12-5-4-11(7-9-20-14(18)19)10-16(12,3)8-6-13(15)17/h6-8,11-13,21H,4-5,9H2,1-3H3;7,9-10,12-13H,4-6,8H2,1-3H3/b7-6-;9-7-/t11-,12-,13-,16-;12-,13-,16+/m00/s1.